The lowest BCUT2D eigenvalue weighted by molar-refractivity contribution is 0.0235. The molecule has 3 aromatic rings. The van der Waals surface area contributed by atoms with E-state index in [0.717, 1.165) is 29.2 Å². The fourth-order valence-corrected chi connectivity index (χ4v) is 4.20. The van der Waals surface area contributed by atoms with E-state index in [-0.39, 0.29) is 24.1 Å². The number of cyclic esters (lactones) is 1. The summed E-state index contributed by atoms with van der Waals surface area (Å²) in [6.45, 7) is 6.11. The zero-order valence-corrected chi connectivity index (χ0v) is 19.8. The molecular weight excluding hydrogens is 434 g/mol. The van der Waals surface area contributed by atoms with Gasteiger partial charge >= 0.3 is 5.97 Å². The van der Waals surface area contributed by atoms with Crippen LogP contribution in [-0.4, -0.2) is 46.8 Å². The molecule has 1 fully saturated rings. The first kappa shape index (κ1) is 22.5. The van der Waals surface area contributed by atoms with Crippen molar-refractivity contribution in [1.82, 2.24) is 15.0 Å². The second-order valence-corrected chi connectivity index (χ2v) is 9.41. The Bertz CT molecular complexity index is 1260. The van der Waals surface area contributed by atoms with Crippen LogP contribution in [-0.2, 0) is 15.0 Å². The van der Waals surface area contributed by atoms with Crippen molar-refractivity contribution < 1.29 is 19.0 Å². The highest BCUT2D eigenvalue weighted by Crippen LogP contribution is 2.36. The molecule has 9 nitrogen and oxygen atoms in total. The molecule has 0 aromatic carbocycles. The lowest BCUT2D eigenvalue weighted by Gasteiger charge is -2.27. The summed E-state index contributed by atoms with van der Waals surface area (Å²) in [6, 6.07) is 5.42. The van der Waals surface area contributed by atoms with E-state index in [1.807, 2.05) is 26.8 Å². The summed E-state index contributed by atoms with van der Waals surface area (Å²) >= 11 is 0. The smallest absolute Gasteiger partial charge is 0.340 e. The largest absolute Gasteiger partial charge is 0.474 e. The minimum atomic E-state index is -0.757. The summed E-state index contributed by atoms with van der Waals surface area (Å²) < 4.78 is 16.8. The van der Waals surface area contributed by atoms with Gasteiger partial charge in [0.2, 0.25) is 5.88 Å². The number of hydrogen-bond acceptors (Lipinski definition) is 9. The number of aromatic nitrogens is 3. The molecule has 34 heavy (non-hydrogen) atoms. The minimum absolute atomic E-state index is 0.00851. The summed E-state index contributed by atoms with van der Waals surface area (Å²) in [5, 5.41) is 4.95. The summed E-state index contributed by atoms with van der Waals surface area (Å²) in [5.74, 6) is 1.39. The number of rotatable bonds is 7. The number of hydrogen-bond donors (Lipinski definition) is 2. The third-order valence-corrected chi connectivity index (χ3v) is 6.43. The standard InChI is InChI=1S/C25H29N5O4/c1-13-14(2)33-24(31)16-7-8-20(30-22(13)16)29-21-9-17-18(10-27-21)23(34-15-5-6-15)28-11-19(17)25(3,26)12-32-4/h7-11,13-15H,5-6,12,26H2,1-4H3,(H,27,29,30)/t13-,14+,25+/m1/s1. The number of esters is 1. The maximum absolute atomic E-state index is 12.2. The van der Waals surface area contributed by atoms with Gasteiger partial charge in [-0.15, -0.1) is 0 Å². The fourth-order valence-electron chi connectivity index (χ4n) is 4.20. The molecule has 5 rings (SSSR count). The van der Waals surface area contributed by atoms with Gasteiger partial charge in [0, 0.05) is 31.0 Å². The second-order valence-electron chi connectivity index (χ2n) is 9.41. The van der Waals surface area contributed by atoms with E-state index >= 15 is 0 Å². The van der Waals surface area contributed by atoms with E-state index in [0.29, 0.717) is 35.4 Å². The van der Waals surface area contributed by atoms with Crippen molar-refractivity contribution in [3.8, 4) is 5.88 Å². The number of fused-ring (bicyclic) bond motifs is 2. The van der Waals surface area contributed by atoms with Crippen LogP contribution in [0.1, 0.15) is 61.1 Å². The average Bonchev–Trinajstić information content (AvgIpc) is 3.61. The summed E-state index contributed by atoms with van der Waals surface area (Å²) in [4.78, 5) is 26.1. The maximum Gasteiger partial charge on any atom is 0.340 e. The predicted octanol–water partition coefficient (Wildman–Crippen LogP) is 3.79. The molecule has 9 heteroatoms. The summed E-state index contributed by atoms with van der Waals surface area (Å²) in [5.41, 5.74) is 7.89. The molecule has 0 saturated heterocycles. The molecule has 2 aliphatic rings. The van der Waals surface area contributed by atoms with Crippen molar-refractivity contribution in [2.75, 3.05) is 19.0 Å². The number of nitrogens with two attached hydrogens (primary N) is 1. The van der Waals surface area contributed by atoms with Gasteiger partial charge in [-0.2, -0.15) is 0 Å². The molecule has 0 bridgehead atoms. The van der Waals surface area contributed by atoms with Crippen molar-refractivity contribution in [1.29, 1.82) is 0 Å². The first-order valence-electron chi connectivity index (χ1n) is 11.5. The Balaban J connectivity index is 1.54. The lowest BCUT2D eigenvalue weighted by atomic mass is 9.91. The lowest BCUT2D eigenvalue weighted by Crippen LogP contribution is -2.38. The first-order valence-corrected chi connectivity index (χ1v) is 11.5. The zero-order chi connectivity index (χ0) is 24.0. The quantitative estimate of drug-likeness (QED) is 0.504. The van der Waals surface area contributed by atoms with Crippen LogP contribution in [0, 0.1) is 0 Å². The van der Waals surface area contributed by atoms with E-state index < -0.39 is 5.54 Å². The Hall–Kier alpha value is -3.30. The maximum atomic E-state index is 12.2. The molecule has 178 valence electrons. The van der Waals surface area contributed by atoms with Crippen LogP contribution in [0.4, 0.5) is 11.6 Å². The molecule has 3 aromatic heterocycles. The van der Waals surface area contributed by atoms with E-state index in [4.69, 9.17) is 24.9 Å². The summed E-state index contributed by atoms with van der Waals surface area (Å²) in [7, 11) is 1.62. The fraction of sp³-hybridized carbons (Fsp3) is 0.440. The monoisotopic (exact) mass is 463 g/mol. The molecule has 3 N–H and O–H groups in total. The number of nitrogens with zero attached hydrogens (tertiary/aromatic N) is 3. The van der Waals surface area contributed by atoms with Crippen molar-refractivity contribution in [2.45, 2.75) is 57.3 Å². The number of nitrogens with one attached hydrogen (secondary N) is 1. The van der Waals surface area contributed by atoms with Crippen molar-refractivity contribution in [3.05, 3.63) is 47.4 Å². The van der Waals surface area contributed by atoms with Gasteiger partial charge in [0.25, 0.3) is 0 Å². The van der Waals surface area contributed by atoms with Gasteiger partial charge in [-0.25, -0.2) is 19.7 Å². The van der Waals surface area contributed by atoms with Crippen molar-refractivity contribution >= 4 is 28.4 Å². The Kier molecular flexibility index (Phi) is 5.61. The highest BCUT2D eigenvalue weighted by molar-refractivity contribution is 5.93. The Morgan fingerprint density at radius 1 is 1.18 bits per heavy atom. The van der Waals surface area contributed by atoms with Crippen LogP contribution >= 0.6 is 0 Å². The molecule has 0 radical (unpaired) electrons. The van der Waals surface area contributed by atoms with Crippen LogP contribution in [0.25, 0.3) is 10.8 Å². The molecule has 4 heterocycles. The first-order chi connectivity index (χ1) is 16.3. The number of carbonyl (C=O) groups is 1. The van der Waals surface area contributed by atoms with Gasteiger partial charge in [-0.05, 0) is 50.3 Å². The second kappa shape index (κ2) is 8.48. The SMILES string of the molecule is COC[C@](C)(N)c1cnc(OC2CC2)c2cnc(Nc3ccc4c(n3)[C@H](C)[C@H](C)OC4=O)cc12. The van der Waals surface area contributed by atoms with Gasteiger partial charge in [-0.1, -0.05) is 6.92 Å². The van der Waals surface area contributed by atoms with Crippen LogP contribution in [0.5, 0.6) is 5.88 Å². The van der Waals surface area contributed by atoms with E-state index in [1.165, 1.54) is 0 Å². The van der Waals surface area contributed by atoms with Crippen LogP contribution in [0.15, 0.2) is 30.6 Å². The topological polar surface area (TPSA) is 121 Å². The molecule has 0 amide bonds. The molecule has 1 aliphatic carbocycles. The van der Waals surface area contributed by atoms with Crippen LogP contribution in [0.2, 0.25) is 0 Å². The van der Waals surface area contributed by atoms with E-state index in [1.54, 1.807) is 31.6 Å². The predicted molar refractivity (Wildman–Crippen MR) is 127 cm³/mol. The van der Waals surface area contributed by atoms with E-state index in [9.17, 15) is 4.79 Å². The Morgan fingerprint density at radius 3 is 2.71 bits per heavy atom. The molecule has 1 saturated carbocycles. The number of carbonyl (C=O) groups excluding carboxylic acids is 1. The van der Waals surface area contributed by atoms with Gasteiger partial charge < -0.3 is 25.3 Å². The van der Waals surface area contributed by atoms with Crippen LogP contribution < -0.4 is 15.8 Å². The minimum Gasteiger partial charge on any atom is -0.474 e. The van der Waals surface area contributed by atoms with Crippen LogP contribution in [0.3, 0.4) is 0 Å². The number of ether oxygens (including phenoxy) is 3. The Labute approximate surface area is 198 Å². The Morgan fingerprint density at radius 2 is 1.97 bits per heavy atom. The molecule has 0 unspecified atom stereocenters. The highest BCUT2D eigenvalue weighted by Gasteiger charge is 2.32. The molecule has 3 atom stereocenters. The van der Waals surface area contributed by atoms with Crippen molar-refractivity contribution in [2.24, 2.45) is 5.73 Å². The molecular formula is C25H29N5O4. The summed E-state index contributed by atoms with van der Waals surface area (Å²) in [6.07, 6.45) is 5.54. The van der Waals surface area contributed by atoms with Gasteiger partial charge in [0.15, 0.2) is 0 Å². The van der Waals surface area contributed by atoms with Gasteiger partial charge in [-0.3, -0.25) is 0 Å². The highest BCUT2D eigenvalue weighted by atomic mass is 16.5. The van der Waals surface area contributed by atoms with Gasteiger partial charge in [0.1, 0.15) is 23.8 Å². The molecule has 1 aliphatic heterocycles. The zero-order valence-electron chi connectivity index (χ0n) is 19.8. The average molecular weight is 464 g/mol. The third kappa shape index (κ3) is 4.17. The molecule has 0 spiro atoms. The number of methoxy groups -OCH3 is 1. The van der Waals surface area contributed by atoms with E-state index in [2.05, 4.69) is 15.3 Å². The number of pyridine rings is 3. The number of anilines is 2. The van der Waals surface area contributed by atoms with Crippen molar-refractivity contribution in [3.63, 3.8) is 0 Å². The third-order valence-electron chi connectivity index (χ3n) is 6.43. The van der Waals surface area contributed by atoms with Gasteiger partial charge in [0.05, 0.1) is 28.8 Å². The normalized spacial score (nSPS) is 21.5.